The number of nitrogens with zero attached hydrogens (tertiary/aromatic N) is 5. The molecule has 5 rings (SSSR count). The topological polar surface area (TPSA) is 121 Å². The molecule has 1 saturated heterocycles. The lowest BCUT2D eigenvalue weighted by Crippen LogP contribution is -2.54. The predicted octanol–water partition coefficient (Wildman–Crippen LogP) is 2.15. The molecule has 9 nitrogen and oxygen atoms in total. The Labute approximate surface area is 217 Å². The summed E-state index contributed by atoms with van der Waals surface area (Å²) in [5, 5.41) is 21.1. The van der Waals surface area contributed by atoms with Gasteiger partial charge in [-0.25, -0.2) is 9.97 Å². The summed E-state index contributed by atoms with van der Waals surface area (Å²) in [7, 11) is 0. The minimum absolute atomic E-state index is 0.0841. The molecule has 2 fully saturated rings. The molecule has 1 amide bonds. The molecule has 0 spiro atoms. The van der Waals surface area contributed by atoms with Gasteiger partial charge in [-0.3, -0.25) is 9.69 Å². The van der Waals surface area contributed by atoms with Gasteiger partial charge in [0.15, 0.2) is 0 Å². The lowest BCUT2D eigenvalue weighted by molar-refractivity contribution is -0.137. The zero-order valence-corrected chi connectivity index (χ0v) is 20.8. The normalized spacial score (nSPS) is 21.5. The number of β-amino-alcohol motifs (C(OH)–C–C–N with tert-alkyl or cyclic N) is 1. The van der Waals surface area contributed by atoms with E-state index in [4.69, 9.17) is 5.73 Å². The molecule has 2 aromatic heterocycles. The molecule has 4 N–H and O–H groups in total. The lowest BCUT2D eigenvalue weighted by Gasteiger charge is -2.38. The van der Waals surface area contributed by atoms with Gasteiger partial charge in [0.05, 0.1) is 23.7 Å². The number of fused-ring (bicyclic) bond motifs is 1. The molecule has 3 heterocycles. The molecule has 1 saturated carbocycles. The van der Waals surface area contributed by atoms with Gasteiger partial charge in [-0.15, -0.1) is 0 Å². The van der Waals surface area contributed by atoms with Crippen molar-refractivity contribution in [2.24, 2.45) is 11.7 Å². The number of hydrogen-bond acceptors (Lipinski definition) is 7. The largest absolute Gasteiger partial charge is 0.416 e. The van der Waals surface area contributed by atoms with Crippen LogP contribution in [0.15, 0.2) is 42.9 Å². The van der Waals surface area contributed by atoms with Crippen molar-refractivity contribution in [3.05, 3.63) is 54.0 Å². The van der Waals surface area contributed by atoms with E-state index < -0.39 is 36.4 Å². The van der Waals surface area contributed by atoms with Crippen LogP contribution in [0.3, 0.4) is 0 Å². The Morgan fingerprint density at radius 3 is 2.50 bits per heavy atom. The summed E-state index contributed by atoms with van der Waals surface area (Å²) in [5.41, 5.74) is 6.19. The molecule has 0 bridgehead atoms. The van der Waals surface area contributed by atoms with Crippen LogP contribution in [0, 0.1) is 5.92 Å². The third-order valence-corrected chi connectivity index (χ3v) is 7.56. The Hall–Kier alpha value is -3.22. The molecule has 3 aromatic rings. The van der Waals surface area contributed by atoms with Gasteiger partial charge in [0.2, 0.25) is 5.91 Å². The second-order valence-electron chi connectivity index (χ2n) is 10.2. The summed E-state index contributed by atoms with van der Waals surface area (Å²) >= 11 is 0. The number of hydrogen-bond donors (Lipinski definition) is 3. The highest BCUT2D eigenvalue weighted by Crippen LogP contribution is 2.36. The Morgan fingerprint density at radius 2 is 1.89 bits per heavy atom. The average Bonchev–Trinajstić information content (AvgIpc) is 3.64. The quantitative estimate of drug-likeness (QED) is 0.386. The van der Waals surface area contributed by atoms with E-state index in [1.165, 1.54) is 18.5 Å². The maximum absolute atomic E-state index is 13.0. The van der Waals surface area contributed by atoms with Crippen LogP contribution in [0.2, 0.25) is 0 Å². The molecule has 1 aliphatic heterocycles. The van der Waals surface area contributed by atoms with Crippen molar-refractivity contribution < 1.29 is 28.2 Å². The Balaban J connectivity index is 1.33. The molecule has 12 heteroatoms. The first kappa shape index (κ1) is 26.4. The Kier molecular flexibility index (Phi) is 7.30. The minimum Gasteiger partial charge on any atom is -0.394 e. The van der Waals surface area contributed by atoms with Crippen LogP contribution >= 0.6 is 0 Å². The summed E-state index contributed by atoms with van der Waals surface area (Å²) in [6.07, 6.45) is 0.904. The van der Waals surface area contributed by atoms with Gasteiger partial charge in [-0.2, -0.15) is 13.2 Å². The van der Waals surface area contributed by atoms with Crippen LogP contribution < -0.4 is 10.6 Å². The van der Waals surface area contributed by atoms with Crippen molar-refractivity contribution in [3.8, 4) is 0 Å². The van der Waals surface area contributed by atoms with Crippen LogP contribution in [-0.4, -0.2) is 73.4 Å². The van der Waals surface area contributed by atoms with Gasteiger partial charge in [0.1, 0.15) is 23.8 Å². The number of likely N-dealkylation sites (tertiary alicyclic amines) is 1. The Morgan fingerprint density at radius 1 is 1.16 bits per heavy atom. The van der Waals surface area contributed by atoms with E-state index in [1.807, 2.05) is 16.8 Å². The maximum atomic E-state index is 13.0. The third-order valence-electron chi connectivity index (χ3n) is 7.56. The number of aliphatic hydroxyl groups excluding tert-OH is 2. The van der Waals surface area contributed by atoms with E-state index in [0.29, 0.717) is 31.7 Å². The standard InChI is InChI=1S/C26H31F3N6O3/c27-26(28,29)18-3-1-16(2-4-18)11-35(19-5-6-19)25-20-8-10-34(24(20)31-15-32-25)12-17-7-9-33(13-22(17)37)21(14-36)23(30)38/h1-4,8,10,15,17,19,21-22,36-37H,5-7,9,11-14H2,(H2,30,38)/t17-,21?,22+/m1/s1. The molecule has 1 aliphatic carbocycles. The molecule has 1 aromatic carbocycles. The van der Waals surface area contributed by atoms with Gasteiger partial charge >= 0.3 is 6.18 Å². The van der Waals surface area contributed by atoms with Crippen LogP contribution in [0.25, 0.3) is 11.0 Å². The monoisotopic (exact) mass is 532 g/mol. The fourth-order valence-corrected chi connectivity index (χ4v) is 5.26. The number of alkyl halides is 3. The number of nitrogens with two attached hydrogens (primary N) is 1. The van der Waals surface area contributed by atoms with E-state index in [1.54, 1.807) is 4.90 Å². The van der Waals surface area contributed by atoms with Crippen LogP contribution in [-0.2, 0) is 24.1 Å². The summed E-state index contributed by atoms with van der Waals surface area (Å²) in [6, 6.07) is 6.61. The first-order valence-corrected chi connectivity index (χ1v) is 12.7. The van der Waals surface area contributed by atoms with E-state index in [-0.39, 0.29) is 18.5 Å². The van der Waals surface area contributed by atoms with Crippen molar-refractivity contribution in [1.29, 1.82) is 0 Å². The van der Waals surface area contributed by atoms with E-state index in [9.17, 15) is 28.2 Å². The van der Waals surface area contributed by atoms with E-state index >= 15 is 0 Å². The fraction of sp³-hybridized carbons (Fsp3) is 0.500. The number of rotatable bonds is 9. The van der Waals surface area contributed by atoms with E-state index in [0.717, 1.165) is 41.7 Å². The SMILES string of the molecule is NC(=O)C(CO)N1CC[C@H](Cn2ccc3c(N(Cc4ccc(C(F)(F)F)cc4)C4CC4)ncnc32)[C@@H](O)C1. The molecule has 3 atom stereocenters. The summed E-state index contributed by atoms with van der Waals surface area (Å²) < 4.78 is 40.9. The van der Waals surface area contributed by atoms with Gasteiger partial charge in [-0.05, 0) is 49.6 Å². The lowest BCUT2D eigenvalue weighted by atomic mass is 9.92. The smallest absolute Gasteiger partial charge is 0.394 e. The van der Waals surface area contributed by atoms with Crippen molar-refractivity contribution >= 4 is 22.8 Å². The molecule has 38 heavy (non-hydrogen) atoms. The number of anilines is 1. The number of primary amides is 1. The summed E-state index contributed by atoms with van der Waals surface area (Å²) in [6.45, 7) is 1.32. The number of piperidine rings is 1. The van der Waals surface area contributed by atoms with Gasteiger partial charge in [-0.1, -0.05) is 12.1 Å². The van der Waals surface area contributed by atoms with Crippen molar-refractivity contribution in [1.82, 2.24) is 19.4 Å². The summed E-state index contributed by atoms with van der Waals surface area (Å²) in [4.78, 5) is 24.5. The number of aliphatic hydroxyl groups is 2. The third kappa shape index (κ3) is 5.47. The molecule has 2 aliphatic rings. The highest BCUT2D eigenvalue weighted by molar-refractivity contribution is 5.88. The van der Waals surface area contributed by atoms with Crippen molar-refractivity contribution in [2.75, 3.05) is 24.6 Å². The van der Waals surface area contributed by atoms with Gasteiger partial charge < -0.3 is 25.4 Å². The number of halogens is 3. The maximum Gasteiger partial charge on any atom is 0.416 e. The molecule has 0 radical (unpaired) electrons. The molecular formula is C26H31F3N6O3. The zero-order valence-electron chi connectivity index (χ0n) is 20.8. The number of aromatic nitrogens is 3. The van der Waals surface area contributed by atoms with Crippen LogP contribution in [0.4, 0.5) is 19.0 Å². The average molecular weight is 533 g/mol. The first-order chi connectivity index (χ1) is 18.2. The van der Waals surface area contributed by atoms with Gasteiger partial charge in [0.25, 0.3) is 0 Å². The molecule has 204 valence electrons. The zero-order chi connectivity index (χ0) is 27.0. The first-order valence-electron chi connectivity index (χ1n) is 12.7. The minimum atomic E-state index is -4.37. The molecule has 1 unspecified atom stereocenters. The number of benzene rings is 1. The second kappa shape index (κ2) is 10.5. The van der Waals surface area contributed by atoms with Crippen molar-refractivity contribution in [2.45, 2.75) is 56.7 Å². The number of carbonyl (C=O) groups is 1. The van der Waals surface area contributed by atoms with Gasteiger partial charge in [0, 0.05) is 37.8 Å². The fourth-order valence-electron chi connectivity index (χ4n) is 5.26. The Bertz CT molecular complexity index is 1280. The highest BCUT2D eigenvalue weighted by atomic mass is 19.4. The van der Waals surface area contributed by atoms with Crippen LogP contribution in [0.5, 0.6) is 0 Å². The van der Waals surface area contributed by atoms with E-state index in [2.05, 4.69) is 14.9 Å². The number of amides is 1. The second-order valence-corrected chi connectivity index (χ2v) is 10.2. The predicted molar refractivity (Wildman–Crippen MR) is 134 cm³/mol. The molecular weight excluding hydrogens is 501 g/mol. The number of carbonyl (C=O) groups excluding carboxylic acids is 1. The summed E-state index contributed by atoms with van der Waals surface area (Å²) in [5.74, 6) is 0.0354. The highest BCUT2D eigenvalue weighted by Gasteiger charge is 2.35. The van der Waals surface area contributed by atoms with Crippen molar-refractivity contribution in [3.63, 3.8) is 0 Å². The van der Waals surface area contributed by atoms with Crippen LogP contribution in [0.1, 0.15) is 30.4 Å².